The number of nitrogens with one attached hydrogen (secondary N) is 1. The summed E-state index contributed by atoms with van der Waals surface area (Å²) < 4.78 is 27.0. The van der Waals surface area contributed by atoms with Gasteiger partial charge >= 0.3 is 0 Å². The van der Waals surface area contributed by atoms with Gasteiger partial charge in [-0.25, -0.2) is 8.78 Å². The van der Waals surface area contributed by atoms with Crippen molar-refractivity contribution in [2.24, 2.45) is 5.92 Å². The maximum atomic E-state index is 13.7. The van der Waals surface area contributed by atoms with Crippen molar-refractivity contribution < 1.29 is 8.78 Å². The summed E-state index contributed by atoms with van der Waals surface area (Å²) >= 11 is 0. The van der Waals surface area contributed by atoms with Crippen molar-refractivity contribution in [3.05, 3.63) is 34.9 Å². The van der Waals surface area contributed by atoms with Crippen LogP contribution in [0.2, 0.25) is 0 Å². The quantitative estimate of drug-likeness (QED) is 0.854. The second-order valence-corrected chi connectivity index (χ2v) is 4.79. The molecular weight excluding hydrogens is 220 g/mol. The summed E-state index contributed by atoms with van der Waals surface area (Å²) in [6, 6.07) is 2.74. The van der Waals surface area contributed by atoms with Gasteiger partial charge in [0, 0.05) is 6.07 Å². The Morgan fingerprint density at radius 3 is 2.41 bits per heavy atom. The third-order valence-electron chi connectivity index (χ3n) is 3.56. The molecule has 0 amide bonds. The molecule has 1 aliphatic heterocycles. The van der Waals surface area contributed by atoms with Gasteiger partial charge in [0.15, 0.2) is 0 Å². The topological polar surface area (TPSA) is 12.0 Å². The van der Waals surface area contributed by atoms with Crippen LogP contribution in [0.4, 0.5) is 8.78 Å². The first kappa shape index (κ1) is 12.5. The number of halogens is 2. The number of hydrogen-bond acceptors (Lipinski definition) is 1. The lowest BCUT2D eigenvalue weighted by Gasteiger charge is -2.23. The van der Waals surface area contributed by atoms with Gasteiger partial charge in [-0.05, 0) is 61.9 Å². The molecule has 3 heteroatoms. The van der Waals surface area contributed by atoms with E-state index in [0.717, 1.165) is 38.4 Å². The van der Waals surface area contributed by atoms with E-state index in [1.807, 2.05) is 6.92 Å². The van der Waals surface area contributed by atoms with Crippen molar-refractivity contribution in [2.45, 2.75) is 32.6 Å². The Morgan fingerprint density at radius 1 is 1.12 bits per heavy atom. The van der Waals surface area contributed by atoms with E-state index < -0.39 is 11.6 Å². The van der Waals surface area contributed by atoms with Crippen molar-refractivity contribution in [1.29, 1.82) is 0 Å². The van der Waals surface area contributed by atoms with E-state index >= 15 is 0 Å². The van der Waals surface area contributed by atoms with Gasteiger partial charge in [-0.15, -0.1) is 0 Å². The summed E-state index contributed by atoms with van der Waals surface area (Å²) in [5.41, 5.74) is 1.30. The monoisotopic (exact) mass is 239 g/mol. The predicted octanol–water partition coefficient (Wildman–Crippen LogP) is 3.07. The van der Waals surface area contributed by atoms with Crippen molar-refractivity contribution in [3.63, 3.8) is 0 Å². The number of benzene rings is 1. The molecule has 1 N–H and O–H groups in total. The van der Waals surface area contributed by atoms with E-state index in [2.05, 4.69) is 5.32 Å². The molecule has 1 saturated heterocycles. The molecular formula is C14H19F2N. The Hall–Kier alpha value is -0.960. The normalized spacial score (nSPS) is 17.4. The van der Waals surface area contributed by atoms with Crippen LogP contribution in [0.1, 0.15) is 30.9 Å². The first-order valence-corrected chi connectivity index (χ1v) is 6.38. The van der Waals surface area contributed by atoms with Gasteiger partial charge in [0.25, 0.3) is 0 Å². The van der Waals surface area contributed by atoms with Crippen molar-refractivity contribution in [3.8, 4) is 0 Å². The highest BCUT2D eigenvalue weighted by atomic mass is 19.1. The Morgan fingerprint density at radius 2 is 1.76 bits per heavy atom. The second kappa shape index (κ2) is 5.58. The highest BCUT2D eigenvalue weighted by molar-refractivity contribution is 5.27. The fourth-order valence-electron chi connectivity index (χ4n) is 2.47. The first-order valence-electron chi connectivity index (χ1n) is 6.38. The van der Waals surface area contributed by atoms with Gasteiger partial charge in [0.2, 0.25) is 0 Å². The molecule has 1 aromatic carbocycles. The number of rotatable bonds is 3. The van der Waals surface area contributed by atoms with Gasteiger partial charge in [0.05, 0.1) is 0 Å². The minimum atomic E-state index is -0.418. The number of hydrogen-bond donors (Lipinski definition) is 1. The van der Waals surface area contributed by atoms with Gasteiger partial charge in [0.1, 0.15) is 11.6 Å². The molecule has 17 heavy (non-hydrogen) atoms. The Balaban J connectivity index is 2.13. The average Bonchev–Trinajstić information content (AvgIpc) is 2.34. The van der Waals surface area contributed by atoms with E-state index in [0.29, 0.717) is 23.5 Å². The van der Waals surface area contributed by atoms with E-state index in [-0.39, 0.29) is 0 Å². The molecule has 0 bridgehead atoms. The van der Waals surface area contributed by atoms with Crippen LogP contribution in [0, 0.1) is 17.6 Å². The van der Waals surface area contributed by atoms with Gasteiger partial charge in [-0.2, -0.15) is 0 Å². The highest BCUT2D eigenvalue weighted by Gasteiger charge is 2.17. The fourth-order valence-corrected chi connectivity index (χ4v) is 2.47. The molecule has 2 rings (SSSR count). The van der Waals surface area contributed by atoms with Gasteiger partial charge in [-0.3, -0.25) is 0 Å². The van der Waals surface area contributed by atoms with Gasteiger partial charge < -0.3 is 5.32 Å². The summed E-state index contributed by atoms with van der Waals surface area (Å²) in [6.07, 6.45) is 3.52. The minimum Gasteiger partial charge on any atom is -0.317 e. The molecule has 94 valence electrons. The third kappa shape index (κ3) is 3.03. The summed E-state index contributed by atoms with van der Waals surface area (Å²) in [6.45, 7) is 3.91. The van der Waals surface area contributed by atoms with Crippen LogP contribution in [0.3, 0.4) is 0 Å². The smallest absolute Gasteiger partial charge is 0.129 e. The second-order valence-electron chi connectivity index (χ2n) is 4.79. The Labute approximate surface area is 101 Å². The van der Waals surface area contributed by atoms with Gasteiger partial charge in [-0.1, -0.05) is 6.92 Å². The molecule has 1 fully saturated rings. The molecule has 1 aromatic rings. The Kier molecular flexibility index (Phi) is 4.11. The lowest BCUT2D eigenvalue weighted by Crippen LogP contribution is -2.28. The molecule has 0 aliphatic carbocycles. The van der Waals surface area contributed by atoms with Crippen LogP contribution in [-0.2, 0) is 12.8 Å². The third-order valence-corrected chi connectivity index (χ3v) is 3.56. The predicted molar refractivity (Wildman–Crippen MR) is 65.0 cm³/mol. The average molecular weight is 239 g/mol. The largest absolute Gasteiger partial charge is 0.317 e. The zero-order valence-electron chi connectivity index (χ0n) is 10.2. The molecule has 0 radical (unpaired) electrons. The van der Waals surface area contributed by atoms with Crippen molar-refractivity contribution in [1.82, 2.24) is 5.32 Å². The lowest BCUT2D eigenvalue weighted by molar-refractivity contribution is 0.368. The van der Waals surface area contributed by atoms with Crippen LogP contribution in [0.5, 0.6) is 0 Å². The van der Waals surface area contributed by atoms with Crippen LogP contribution in [0.15, 0.2) is 12.1 Å². The van der Waals surface area contributed by atoms with Crippen molar-refractivity contribution >= 4 is 0 Å². The van der Waals surface area contributed by atoms with Crippen LogP contribution >= 0.6 is 0 Å². The molecule has 0 atom stereocenters. The SMILES string of the molecule is CCc1cc(CC2CCNCC2)c(F)cc1F. The summed E-state index contributed by atoms with van der Waals surface area (Å²) in [7, 11) is 0. The summed E-state index contributed by atoms with van der Waals surface area (Å²) in [5, 5.41) is 3.29. The van der Waals surface area contributed by atoms with Crippen LogP contribution in [-0.4, -0.2) is 13.1 Å². The number of aryl methyl sites for hydroxylation is 1. The van der Waals surface area contributed by atoms with Crippen LogP contribution < -0.4 is 5.32 Å². The van der Waals surface area contributed by atoms with E-state index in [1.54, 1.807) is 6.07 Å². The summed E-state index contributed by atoms with van der Waals surface area (Å²) in [5.74, 6) is -0.279. The molecule has 0 spiro atoms. The standard InChI is InChI=1S/C14H19F2N/c1-2-11-8-12(14(16)9-13(11)15)7-10-3-5-17-6-4-10/h8-10,17H,2-7H2,1H3. The molecule has 0 saturated carbocycles. The molecule has 1 aliphatic rings. The molecule has 0 aromatic heterocycles. The maximum Gasteiger partial charge on any atom is 0.129 e. The maximum absolute atomic E-state index is 13.7. The molecule has 0 unspecified atom stereocenters. The van der Waals surface area contributed by atoms with E-state index in [4.69, 9.17) is 0 Å². The summed E-state index contributed by atoms with van der Waals surface area (Å²) in [4.78, 5) is 0. The first-order chi connectivity index (χ1) is 8.20. The fraction of sp³-hybridized carbons (Fsp3) is 0.571. The Bertz CT molecular complexity index is 384. The zero-order valence-corrected chi connectivity index (χ0v) is 10.2. The highest BCUT2D eigenvalue weighted by Crippen LogP contribution is 2.22. The van der Waals surface area contributed by atoms with Crippen LogP contribution in [0.25, 0.3) is 0 Å². The minimum absolute atomic E-state index is 0.391. The van der Waals surface area contributed by atoms with Crippen molar-refractivity contribution in [2.75, 3.05) is 13.1 Å². The van der Waals surface area contributed by atoms with E-state index in [9.17, 15) is 8.78 Å². The zero-order chi connectivity index (χ0) is 12.3. The molecule has 1 nitrogen and oxygen atoms in total. The van der Waals surface area contributed by atoms with E-state index in [1.165, 1.54) is 0 Å². The molecule has 1 heterocycles. The number of piperidine rings is 1. The lowest BCUT2D eigenvalue weighted by atomic mass is 9.90.